The van der Waals surface area contributed by atoms with Crippen molar-refractivity contribution < 1.29 is 23.9 Å². The molecule has 4 amide bonds. The van der Waals surface area contributed by atoms with Crippen LogP contribution in [0.2, 0.25) is 0 Å². The Morgan fingerprint density at radius 2 is 1.96 bits per heavy atom. The molecule has 8 nitrogen and oxygen atoms in total. The quantitative estimate of drug-likeness (QED) is 0.504. The summed E-state index contributed by atoms with van der Waals surface area (Å²) in [7, 11) is 3.16. The highest BCUT2D eigenvalue weighted by atomic mass is 16.5. The number of hydrogen-bond donors (Lipinski definition) is 2. The lowest BCUT2D eigenvalue weighted by molar-refractivity contribution is -0.131. The number of imide groups is 1. The van der Waals surface area contributed by atoms with Gasteiger partial charge in [0, 0.05) is 20.3 Å². The lowest BCUT2D eigenvalue weighted by Crippen LogP contribution is -2.37. The maximum atomic E-state index is 12.4. The molecular weight excluding hydrogens is 326 g/mol. The molecule has 0 aromatic heterocycles. The fourth-order valence-electron chi connectivity index (χ4n) is 2.48. The van der Waals surface area contributed by atoms with Crippen molar-refractivity contribution in [2.24, 2.45) is 0 Å². The van der Waals surface area contributed by atoms with Gasteiger partial charge in [-0.05, 0) is 24.1 Å². The van der Waals surface area contributed by atoms with Gasteiger partial charge in [-0.25, -0.2) is 4.79 Å². The molecule has 1 atom stereocenters. The average Bonchev–Trinajstić information content (AvgIpc) is 2.87. The van der Waals surface area contributed by atoms with Crippen LogP contribution in [0.4, 0.5) is 4.79 Å². The Morgan fingerprint density at radius 3 is 2.60 bits per heavy atom. The summed E-state index contributed by atoms with van der Waals surface area (Å²) >= 11 is 0. The molecule has 1 fully saturated rings. The molecule has 0 radical (unpaired) electrons. The van der Waals surface area contributed by atoms with Crippen LogP contribution in [0.3, 0.4) is 0 Å². The molecule has 1 aliphatic heterocycles. The van der Waals surface area contributed by atoms with Crippen molar-refractivity contribution in [1.82, 2.24) is 15.5 Å². The molecule has 1 aromatic rings. The van der Waals surface area contributed by atoms with Gasteiger partial charge in [0.1, 0.15) is 11.8 Å². The van der Waals surface area contributed by atoms with E-state index in [2.05, 4.69) is 10.6 Å². The van der Waals surface area contributed by atoms with Crippen LogP contribution >= 0.6 is 0 Å². The fourth-order valence-corrected chi connectivity index (χ4v) is 2.48. The molecule has 0 unspecified atom stereocenters. The number of ether oxygens (including phenoxy) is 2. The lowest BCUT2D eigenvalue weighted by atomic mass is 10.1. The van der Waals surface area contributed by atoms with E-state index in [1.807, 2.05) is 0 Å². The van der Waals surface area contributed by atoms with Gasteiger partial charge in [-0.3, -0.25) is 14.5 Å². The van der Waals surface area contributed by atoms with Gasteiger partial charge in [0.2, 0.25) is 5.91 Å². The van der Waals surface area contributed by atoms with Gasteiger partial charge >= 0.3 is 6.03 Å². The molecule has 2 N–H and O–H groups in total. The van der Waals surface area contributed by atoms with E-state index in [0.717, 1.165) is 10.5 Å². The van der Waals surface area contributed by atoms with Crippen molar-refractivity contribution in [3.63, 3.8) is 0 Å². The molecule has 1 aromatic carbocycles. The third-order valence-corrected chi connectivity index (χ3v) is 3.84. The van der Waals surface area contributed by atoms with Crippen LogP contribution in [-0.4, -0.2) is 56.2 Å². The molecule has 0 bridgehead atoms. The SMILES string of the molecule is COCCCNC(=O)C[C@@H]1NC(=O)N(Cc2ccc(OC)cc2)C1=O. The summed E-state index contributed by atoms with van der Waals surface area (Å²) in [6, 6.07) is 5.79. The lowest BCUT2D eigenvalue weighted by Gasteiger charge is -2.13. The topological polar surface area (TPSA) is 97.0 Å². The van der Waals surface area contributed by atoms with Gasteiger partial charge in [-0.1, -0.05) is 12.1 Å². The first-order valence-corrected chi connectivity index (χ1v) is 8.05. The molecule has 136 valence electrons. The summed E-state index contributed by atoms with van der Waals surface area (Å²) in [6.07, 6.45) is 0.619. The highest BCUT2D eigenvalue weighted by Crippen LogP contribution is 2.16. The third-order valence-electron chi connectivity index (χ3n) is 3.84. The first-order valence-electron chi connectivity index (χ1n) is 8.05. The van der Waals surface area contributed by atoms with Crippen molar-refractivity contribution in [3.8, 4) is 5.75 Å². The van der Waals surface area contributed by atoms with Gasteiger partial charge in [-0.2, -0.15) is 0 Å². The second-order valence-electron chi connectivity index (χ2n) is 5.67. The van der Waals surface area contributed by atoms with Crippen LogP contribution in [-0.2, 0) is 20.9 Å². The van der Waals surface area contributed by atoms with Crippen LogP contribution in [0.1, 0.15) is 18.4 Å². The van der Waals surface area contributed by atoms with E-state index in [1.165, 1.54) is 0 Å². The standard InChI is InChI=1S/C17H23N3O5/c1-24-9-3-8-18-15(21)10-14-16(22)20(17(23)19-14)11-12-4-6-13(25-2)7-5-12/h4-7,14H,3,8-11H2,1-2H3,(H,18,21)(H,19,23)/t14-/m0/s1. The monoisotopic (exact) mass is 349 g/mol. The van der Waals surface area contributed by atoms with Gasteiger partial charge in [0.25, 0.3) is 5.91 Å². The summed E-state index contributed by atoms with van der Waals surface area (Å²) in [6.45, 7) is 1.17. The Hall–Kier alpha value is -2.61. The van der Waals surface area contributed by atoms with Gasteiger partial charge < -0.3 is 20.1 Å². The zero-order chi connectivity index (χ0) is 18.2. The van der Waals surface area contributed by atoms with Crippen molar-refractivity contribution >= 4 is 17.8 Å². The summed E-state index contributed by atoms with van der Waals surface area (Å²) in [5.41, 5.74) is 0.800. The zero-order valence-electron chi connectivity index (χ0n) is 14.4. The molecule has 1 aliphatic rings. The molecule has 2 rings (SSSR count). The van der Waals surface area contributed by atoms with Crippen LogP contribution in [0.5, 0.6) is 5.75 Å². The zero-order valence-corrected chi connectivity index (χ0v) is 14.4. The van der Waals surface area contributed by atoms with E-state index in [9.17, 15) is 14.4 Å². The number of benzene rings is 1. The largest absolute Gasteiger partial charge is 0.497 e. The minimum Gasteiger partial charge on any atom is -0.497 e. The van der Waals surface area contributed by atoms with Gasteiger partial charge in [0.15, 0.2) is 0 Å². The van der Waals surface area contributed by atoms with Crippen molar-refractivity contribution in [2.45, 2.75) is 25.4 Å². The van der Waals surface area contributed by atoms with Crippen molar-refractivity contribution in [1.29, 1.82) is 0 Å². The van der Waals surface area contributed by atoms with Gasteiger partial charge in [-0.15, -0.1) is 0 Å². The minimum atomic E-state index is -0.826. The normalized spacial score (nSPS) is 16.7. The number of carbonyl (C=O) groups excluding carboxylic acids is 3. The predicted octanol–water partition coefficient (Wildman–Crippen LogP) is 0.658. The first kappa shape index (κ1) is 18.7. The fraction of sp³-hybridized carbons (Fsp3) is 0.471. The minimum absolute atomic E-state index is 0.0727. The predicted molar refractivity (Wildman–Crippen MR) is 90.0 cm³/mol. The van der Waals surface area contributed by atoms with E-state index in [1.54, 1.807) is 38.5 Å². The first-order chi connectivity index (χ1) is 12.0. The molecule has 8 heteroatoms. The Balaban J connectivity index is 1.87. The number of nitrogens with zero attached hydrogens (tertiary/aromatic N) is 1. The van der Waals surface area contributed by atoms with Gasteiger partial charge in [0.05, 0.1) is 20.1 Å². The summed E-state index contributed by atoms with van der Waals surface area (Å²) in [5, 5.41) is 5.26. The number of rotatable bonds is 9. The Kier molecular flexibility index (Phi) is 6.76. The number of nitrogens with one attached hydrogen (secondary N) is 2. The summed E-state index contributed by atoms with van der Waals surface area (Å²) in [5.74, 6) is 0.0258. The van der Waals surface area contributed by atoms with E-state index >= 15 is 0 Å². The van der Waals surface area contributed by atoms with Crippen LogP contribution in [0.25, 0.3) is 0 Å². The van der Waals surface area contributed by atoms with E-state index in [4.69, 9.17) is 9.47 Å². The molecule has 0 saturated carbocycles. The highest BCUT2D eigenvalue weighted by molar-refractivity contribution is 6.05. The van der Waals surface area contributed by atoms with Crippen LogP contribution in [0, 0.1) is 0 Å². The Labute approximate surface area is 146 Å². The number of methoxy groups -OCH3 is 2. The van der Waals surface area contributed by atoms with Crippen molar-refractivity contribution in [3.05, 3.63) is 29.8 Å². The van der Waals surface area contributed by atoms with Crippen LogP contribution in [0.15, 0.2) is 24.3 Å². The molecule has 0 aliphatic carbocycles. The number of urea groups is 1. The molecular formula is C17H23N3O5. The number of carbonyl (C=O) groups is 3. The Morgan fingerprint density at radius 1 is 1.24 bits per heavy atom. The molecule has 1 saturated heterocycles. The number of amides is 4. The molecule has 0 spiro atoms. The van der Waals surface area contributed by atoms with E-state index < -0.39 is 18.0 Å². The Bertz CT molecular complexity index is 617. The second-order valence-corrected chi connectivity index (χ2v) is 5.67. The maximum absolute atomic E-state index is 12.4. The van der Waals surface area contributed by atoms with Crippen LogP contribution < -0.4 is 15.4 Å². The second kappa shape index (κ2) is 9.03. The van der Waals surface area contributed by atoms with E-state index in [0.29, 0.717) is 25.3 Å². The maximum Gasteiger partial charge on any atom is 0.325 e. The summed E-state index contributed by atoms with van der Waals surface area (Å²) < 4.78 is 9.97. The third kappa shape index (κ3) is 5.18. The van der Waals surface area contributed by atoms with E-state index in [-0.39, 0.29) is 18.9 Å². The van der Waals surface area contributed by atoms with Crippen molar-refractivity contribution in [2.75, 3.05) is 27.4 Å². The highest BCUT2D eigenvalue weighted by Gasteiger charge is 2.38. The number of hydrogen-bond acceptors (Lipinski definition) is 5. The average molecular weight is 349 g/mol. The smallest absolute Gasteiger partial charge is 0.325 e. The molecule has 1 heterocycles. The molecule has 25 heavy (non-hydrogen) atoms. The summed E-state index contributed by atoms with van der Waals surface area (Å²) in [4.78, 5) is 37.4.